The van der Waals surface area contributed by atoms with E-state index in [0.717, 1.165) is 0 Å². The van der Waals surface area contributed by atoms with E-state index in [9.17, 15) is 17.6 Å². The van der Waals surface area contributed by atoms with E-state index in [1.807, 2.05) is 0 Å². The Labute approximate surface area is 179 Å². The highest BCUT2D eigenvalue weighted by molar-refractivity contribution is 6.33. The van der Waals surface area contributed by atoms with Crippen LogP contribution in [-0.2, 0) is 0 Å². The Morgan fingerprint density at radius 1 is 1.10 bits per heavy atom. The maximum atomic E-state index is 14.2. The van der Waals surface area contributed by atoms with Crippen molar-refractivity contribution in [2.45, 2.75) is 38.0 Å². The van der Waals surface area contributed by atoms with Gasteiger partial charge in [0.05, 0.1) is 22.2 Å². The van der Waals surface area contributed by atoms with Gasteiger partial charge in [0.2, 0.25) is 0 Å². The molecule has 1 fully saturated rings. The molecule has 31 heavy (non-hydrogen) atoms. The number of benzene rings is 1. The summed E-state index contributed by atoms with van der Waals surface area (Å²) in [6.07, 6.45) is -1.02. The first-order valence-corrected chi connectivity index (χ1v) is 9.96. The first-order chi connectivity index (χ1) is 14.7. The molecule has 1 aliphatic carbocycles. The summed E-state index contributed by atoms with van der Waals surface area (Å²) in [7, 11) is 0. The molecule has 0 spiro atoms. The Morgan fingerprint density at radius 2 is 1.77 bits per heavy atom. The first kappa shape index (κ1) is 21.4. The maximum absolute atomic E-state index is 14.2. The van der Waals surface area contributed by atoms with Gasteiger partial charge in [-0.3, -0.25) is 0 Å². The number of aromatic amines is 1. The lowest BCUT2D eigenvalue weighted by molar-refractivity contribution is -0.185. The molecule has 6 nitrogen and oxygen atoms in total. The molecule has 164 valence electrons. The molecule has 1 aromatic carbocycles. The minimum absolute atomic E-state index is 0.0261. The van der Waals surface area contributed by atoms with Crippen molar-refractivity contribution in [3.8, 4) is 28.7 Å². The largest absolute Gasteiger partial charge is 0.460 e. The van der Waals surface area contributed by atoms with Crippen LogP contribution < -0.4 is 10.5 Å². The molecule has 0 bridgehead atoms. The van der Waals surface area contributed by atoms with Crippen LogP contribution in [0.15, 0.2) is 30.6 Å². The number of ether oxygens (including phenoxy) is 1. The number of aromatic nitrogens is 4. The number of imidazole rings is 1. The number of hydrogen-bond donors (Lipinski definition) is 2. The molecule has 0 saturated heterocycles. The second kappa shape index (κ2) is 8.33. The van der Waals surface area contributed by atoms with Crippen molar-refractivity contribution >= 4 is 17.4 Å². The fourth-order valence-electron chi connectivity index (χ4n) is 3.61. The van der Waals surface area contributed by atoms with Crippen LogP contribution in [-0.4, -0.2) is 32.2 Å². The molecule has 0 aliphatic heterocycles. The van der Waals surface area contributed by atoms with Gasteiger partial charge in [0.25, 0.3) is 0 Å². The summed E-state index contributed by atoms with van der Waals surface area (Å²) in [6.45, 7) is 0. The molecule has 3 N–H and O–H groups in total. The third kappa shape index (κ3) is 4.58. The molecule has 4 rings (SSSR count). The maximum Gasteiger partial charge on any atom is 0.391 e. The molecular formula is C20H18ClF4N5O. The normalized spacial score (nSPS) is 19.4. The van der Waals surface area contributed by atoms with Crippen molar-refractivity contribution < 1.29 is 22.3 Å². The van der Waals surface area contributed by atoms with Crippen molar-refractivity contribution in [2.24, 2.45) is 5.92 Å². The SMILES string of the molecule is Nc1nc(-c2c(F)cccc2Cl)[nH]c1-c1cnc(OC2CCC(C(F)(F)F)CC2)nc1. The van der Waals surface area contributed by atoms with E-state index in [0.29, 0.717) is 11.3 Å². The van der Waals surface area contributed by atoms with Gasteiger partial charge in [-0.1, -0.05) is 17.7 Å². The lowest BCUT2D eigenvalue weighted by Gasteiger charge is -2.29. The molecule has 1 aliphatic rings. The van der Waals surface area contributed by atoms with Gasteiger partial charge in [-0.2, -0.15) is 13.2 Å². The van der Waals surface area contributed by atoms with Crippen molar-refractivity contribution in [2.75, 3.05) is 5.73 Å². The third-order valence-corrected chi connectivity index (χ3v) is 5.57. The second-order valence-corrected chi connectivity index (χ2v) is 7.74. The lowest BCUT2D eigenvalue weighted by atomic mass is 9.87. The van der Waals surface area contributed by atoms with E-state index in [1.54, 1.807) is 0 Å². The molecule has 11 heteroatoms. The average molecular weight is 456 g/mol. The van der Waals surface area contributed by atoms with E-state index in [4.69, 9.17) is 22.1 Å². The molecule has 1 saturated carbocycles. The highest BCUT2D eigenvalue weighted by Crippen LogP contribution is 2.38. The minimum atomic E-state index is -4.17. The summed E-state index contributed by atoms with van der Waals surface area (Å²) >= 11 is 6.07. The van der Waals surface area contributed by atoms with Crippen LogP contribution in [0, 0.1) is 11.7 Å². The monoisotopic (exact) mass is 455 g/mol. The minimum Gasteiger partial charge on any atom is -0.460 e. The van der Waals surface area contributed by atoms with Crippen LogP contribution in [0.2, 0.25) is 5.02 Å². The van der Waals surface area contributed by atoms with Crippen LogP contribution in [0.1, 0.15) is 25.7 Å². The van der Waals surface area contributed by atoms with Gasteiger partial charge in [-0.15, -0.1) is 0 Å². The van der Waals surface area contributed by atoms with Crippen molar-refractivity contribution in [1.29, 1.82) is 0 Å². The third-order valence-electron chi connectivity index (χ3n) is 5.26. The number of alkyl halides is 3. The van der Waals surface area contributed by atoms with E-state index < -0.39 is 17.9 Å². The van der Waals surface area contributed by atoms with Gasteiger partial charge in [0.1, 0.15) is 23.6 Å². The topological polar surface area (TPSA) is 89.7 Å². The predicted octanol–water partition coefficient (Wildman–Crippen LogP) is 5.41. The summed E-state index contributed by atoms with van der Waals surface area (Å²) < 4.78 is 58.1. The quantitative estimate of drug-likeness (QED) is 0.513. The highest BCUT2D eigenvalue weighted by Gasteiger charge is 2.41. The molecule has 2 heterocycles. The van der Waals surface area contributed by atoms with Crippen LogP contribution in [0.4, 0.5) is 23.4 Å². The van der Waals surface area contributed by atoms with E-state index >= 15 is 0 Å². The number of rotatable bonds is 4. The Bertz CT molecular complexity index is 1040. The molecule has 0 atom stereocenters. The highest BCUT2D eigenvalue weighted by atomic mass is 35.5. The van der Waals surface area contributed by atoms with Gasteiger partial charge in [0.15, 0.2) is 0 Å². The number of nitrogens with zero attached hydrogens (tertiary/aromatic N) is 3. The number of halogens is 5. The standard InChI is InChI=1S/C20H18ClF4N5O/c21-13-2-1-3-14(22)15(13)18-29-16(17(26)30-18)10-8-27-19(28-9-10)31-12-6-4-11(5-7-12)20(23,24)25/h1-3,8-9,11-12H,4-7,26H2,(H,29,30). The van der Waals surface area contributed by atoms with E-state index in [-0.39, 0.29) is 60.0 Å². The number of nitrogen functional groups attached to an aromatic ring is 1. The van der Waals surface area contributed by atoms with Crippen LogP contribution >= 0.6 is 11.6 Å². The van der Waals surface area contributed by atoms with E-state index in [1.165, 1.54) is 30.6 Å². The zero-order valence-corrected chi connectivity index (χ0v) is 16.8. The number of anilines is 1. The van der Waals surface area contributed by atoms with E-state index in [2.05, 4.69) is 19.9 Å². The number of nitrogens with two attached hydrogens (primary N) is 1. The summed E-state index contributed by atoms with van der Waals surface area (Å²) in [5.41, 5.74) is 6.92. The molecule has 3 aromatic rings. The average Bonchev–Trinajstić information content (AvgIpc) is 3.09. The second-order valence-electron chi connectivity index (χ2n) is 7.33. The van der Waals surface area contributed by atoms with Gasteiger partial charge < -0.3 is 15.5 Å². The molecular weight excluding hydrogens is 438 g/mol. The summed E-state index contributed by atoms with van der Waals surface area (Å²) in [5.74, 6) is -1.56. The molecule has 0 amide bonds. The number of nitrogens with one attached hydrogen (secondary N) is 1. The molecule has 0 unspecified atom stereocenters. The Hall–Kier alpha value is -2.88. The molecule has 0 radical (unpaired) electrons. The Kier molecular flexibility index (Phi) is 5.74. The summed E-state index contributed by atoms with van der Waals surface area (Å²) in [5, 5.41) is 0.181. The Morgan fingerprint density at radius 3 is 2.39 bits per heavy atom. The van der Waals surface area contributed by atoms with Crippen molar-refractivity contribution in [1.82, 2.24) is 19.9 Å². The zero-order valence-electron chi connectivity index (χ0n) is 16.1. The number of hydrogen-bond acceptors (Lipinski definition) is 5. The van der Waals surface area contributed by atoms with Crippen molar-refractivity contribution in [3.63, 3.8) is 0 Å². The lowest BCUT2D eigenvalue weighted by Crippen LogP contribution is -2.32. The zero-order chi connectivity index (χ0) is 22.2. The van der Waals surface area contributed by atoms with Crippen LogP contribution in [0.5, 0.6) is 6.01 Å². The van der Waals surface area contributed by atoms with Gasteiger partial charge >= 0.3 is 12.2 Å². The van der Waals surface area contributed by atoms with Crippen LogP contribution in [0.25, 0.3) is 22.6 Å². The fourth-order valence-corrected chi connectivity index (χ4v) is 3.86. The number of H-pyrrole nitrogens is 1. The molecule has 2 aromatic heterocycles. The summed E-state index contributed by atoms with van der Waals surface area (Å²) in [6, 6.07) is 4.35. The van der Waals surface area contributed by atoms with Crippen molar-refractivity contribution in [3.05, 3.63) is 41.4 Å². The fraction of sp³-hybridized carbons (Fsp3) is 0.350. The van der Waals surface area contributed by atoms with Crippen LogP contribution in [0.3, 0.4) is 0 Å². The van der Waals surface area contributed by atoms with Gasteiger partial charge in [-0.05, 0) is 37.8 Å². The summed E-state index contributed by atoms with van der Waals surface area (Å²) in [4.78, 5) is 15.3. The smallest absolute Gasteiger partial charge is 0.391 e. The Balaban J connectivity index is 1.46. The van der Waals surface area contributed by atoms with Gasteiger partial charge in [-0.25, -0.2) is 19.3 Å². The van der Waals surface area contributed by atoms with Gasteiger partial charge in [0, 0.05) is 18.0 Å². The predicted molar refractivity (Wildman–Crippen MR) is 107 cm³/mol. The first-order valence-electron chi connectivity index (χ1n) is 9.58.